The second-order valence-corrected chi connectivity index (χ2v) is 12.5. The van der Waals surface area contributed by atoms with Crippen molar-refractivity contribution in [3.63, 3.8) is 0 Å². The van der Waals surface area contributed by atoms with E-state index in [9.17, 15) is 23.4 Å². The first-order valence-corrected chi connectivity index (χ1v) is 16.1. The van der Waals surface area contributed by atoms with Gasteiger partial charge in [-0.05, 0) is 46.3 Å². The molecule has 1 saturated heterocycles. The summed E-state index contributed by atoms with van der Waals surface area (Å²) in [7, 11) is 0. The van der Waals surface area contributed by atoms with Crippen molar-refractivity contribution >= 4 is 11.4 Å². The number of anilines is 2. The summed E-state index contributed by atoms with van der Waals surface area (Å²) >= 11 is 0. The Hall–Kier alpha value is -5.88. The Balaban J connectivity index is 0.906. The van der Waals surface area contributed by atoms with Crippen LogP contribution in [0.25, 0.3) is 28.3 Å². The molecule has 0 aliphatic carbocycles. The molecule has 2 aliphatic heterocycles. The van der Waals surface area contributed by atoms with Crippen LogP contribution in [-0.4, -0.2) is 87.7 Å². The predicted octanol–water partition coefficient (Wildman–Crippen LogP) is 4.29. The van der Waals surface area contributed by atoms with E-state index in [0.29, 0.717) is 43.1 Å². The smallest absolute Gasteiger partial charge is 0.378 e. The molecular weight excluding hydrogens is 689 g/mol. The number of hydrogen-bond donors (Lipinski definition) is 2. The molecule has 0 amide bonds. The predicted molar refractivity (Wildman–Crippen MR) is 175 cm³/mol. The lowest BCUT2D eigenvalue weighted by Crippen LogP contribution is -2.49. The molecule has 2 unspecified atom stereocenters. The highest BCUT2D eigenvalue weighted by Gasteiger charge is 2.59. The summed E-state index contributed by atoms with van der Waals surface area (Å²) in [4.78, 5) is 12.8. The third-order valence-electron chi connectivity index (χ3n) is 9.41. The standard InChI is InChI=1S/C34H28F5N11O2/c35-33(36,32(52)20-50-31(43-44-46-50)25-3-1-2-4-26(25)32)28-11-7-22(17-40-28)21-5-8-23(9-6-21)47-13-15-48(16-14-47)24-10-12-29(41-18-24)49-19-27(42-45-49)30(51)34(37,38)39/h1-12,17-19,30,51-52H,13-16,20H2. The molecule has 2 N–H and O–H groups in total. The van der Waals surface area contributed by atoms with Crippen LogP contribution in [0.1, 0.15) is 23.1 Å². The number of nitrogens with zero attached hydrogens (tertiary/aromatic N) is 11. The Bertz CT molecular complexity index is 2200. The monoisotopic (exact) mass is 717 g/mol. The Kier molecular flexibility index (Phi) is 7.94. The number of piperazine rings is 1. The molecule has 2 aliphatic rings. The molecule has 266 valence electrons. The van der Waals surface area contributed by atoms with E-state index in [2.05, 4.69) is 45.6 Å². The van der Waals surface area contributed by atoms with Crippen LogP contribution in [0.4, 0.5) is 33.3 Å². The molecule has 6 aromatic rings. The lowest BCUT2D eigenvalue weighted by Gasteiger charge is -2.39. The highest BCUT2D eigenvalue weighted by Crippen LogP contribution is 2.50. The molecule has 0 radical (unpaired) electrons. The number of pyridine rings is 2. The largest absolute Gasteiger partial charge is 0.420 e. The fourth-order valence-corrected chi connectivity index (χ4v) is 6.55. The van der Waals surface area contributed by atoms with Crippen molar-refractivity contribution in [3.8, 4) is 28.3 Å². The van der Waals surface area contributed by atoms with Gasteiger partial charge in [0, 0.05) is 54.8 Å². The average molecular weight is 718 g/mol. The second-order valence-electron chi connectivity index (χ2n) is 12.5. The van der Waals surface area contributed by atoms with Gasteiger partial charge in [0.15, 0.2) is 23.3 Å². The zero-order valence-corrected chi connectivity index (χ0v) is 27.0. The number of tetrazole rings is 1. The molecule has 6 heterocycles. The maximum absolute atomic E-state index is 16.1. The minimum atomic E-state index is -4.85. The number of aromatic nitrogens is 9. The Morgan fingerprint density at radius 1 is 0.731 bits per heavy atom. The second kappa shape index (κ2) is 12.4. The topological polar surface area (TPSA) is 147 Å². The van der Waals surface area contributed by atoms with E-state index in [1.807, 2.05) is 24.3 Å². The van der Waals surface area contributed by atoms with Gasteiger partial charge >= 0.3 is 12.1 Å². The number of benzene rings is 2. The van der Waals surface area contributed by atoms with Gasteiger partial charge in [0.2, 0.25) is 0 Å². The Morgan fingerprint density at radius 2 is 1.42 bits per heavy atom. The lowest BCUT2D eigenvalue weighted by atomic mass is 9.80. The zero-order chi connectivity index (χ0) is 36.3. The quantitative estimate of drug-likeness (QED) is 0.228. The number of fused-ring (bicyclic) bond motifs is 3. The molecule has 4 aromatic heterocycles. The maximum atomic E-state index is 16.1. The highest BCUT2D eigenvalue weighted by atomic mass is 19.4. The lowest BCUT2D eigenvalue weighted by molar-refractivity contribution is -0.208. The summed E-state index contributed by atoms with van der Waals surface area (Å²) in [5.74, 6) is -3.22. The van der Waals surface area contributed by atoms with Crippen molar-refractivity contribution in [2.24, 2.45) is 0 Å². The van der Waals surface area contributed by atoms with Crippen molar-refractivity contribution in [2.75, 3.05) is 36.0 Å². The molecule has 0 saturated carbocycles. The minimum Gasteiger partial charge on any atom is -0.378 e. The first kappa shape index (κ1) is 33.3. The van der Waals surface area contributed by atoms with E-state index < -0.39 is 41.7 Å². The summed E-state index contributed by atoms with van der Waals surface area (Å²) in [6.07, 6.45) is -3.62. The van der Waals surface area contributed by atoms with E-state index in [1.54, 1.807) is 42.6 Å². The van der Waals surface area contributed by atoms with E-state index >= 15 is 8.78 Å². The molecule has 13 nitrogen and oxygen atoms in total. The van der Waals surface area contributed by atoms with Crippen LogP contribution in [0.5, 0.6) is 0 Å². The maximum Gasteiger partial charge on any atom is 0.420 e. The van der Waals surface area contributed by atoms with Crippen LogP contribution < -0.4 is 9.80 Å². The molecule has 8 rings (SSSR count). The molecule has 0 spiro atoms. The van der Waals surface area contributed by atoms with Crippen molar-refractivity contribution in [1.29, 1.82) is 0 Å². The number of aliphatic hydroxyl groups is 2. The summed E-state index contributed by atoms with van der Waals surface area (Å²) in [6.45, 7) is 2.22. The van der Waals surface area contributed by atoms with Gasteiger partial charge in [-0.1, -0.05) is 47.7 Å². The highest BCUT2D eigenvalue weighted by molar-refractivity contribution is 5.67. The first-order chi connectivity index (χ1) is 24.9. The molecule has 0 bridgehead atoms. The minimum absolute atomic E-state index is 0.0218. The van der Waals surface area contributed by atoms with Crippen molar-refractivity contribution in [3.05, 3.63) is 108 Å². The molecule has 1 fully saturated rings. The van der Waals surface area contributed by atoms with Gasteiger partial charge < -0.3 is 20.0 Å². The molecule has 2 aromatic carbocycles. The number of aliphatic hydroxyl groups excluding tert-OH is 1. The average Bonchev–Trinajstić information content (AvgIpc) is 3.85. The van der Waals surface area contributed by atoms with Crippen LogP contribution >= 0.6 is 0 Å². The van der Waals surface area contributed by atoms with E-state index in [0.717, 1.165) is 27.8 Å². The van der Waals surface area contributed by atoms with Gasteiger partial charge in [0.25, 0.3) is 0 Å². The van der Waals surface area contributed by atoms with E-state index in [4.69, 9.17) is 0 Å². The number of halogens is 5. The van der Waals surface area contributed by atoms with E-state index in [-0.39, 0.29) is 11.4 Å². The van der Waals surface area contributed by atoms with Crippen molar-refractivity contribution in [2.45, 2.75) is 30.3 Å². The SMILES string of the molecule is OC(c1cn(-c2ccc(N3CCN(c4ccc(-c5ccc(C(F)(F)C6(O)Cn7nnnc7-c7ccccc76)nc5)cc4)CC3)cn2)nn1)C(F)(F)F. The van der Waals surface area contributed by atoms with Crippen LogP contribution in [-0.2, 0) is 18.1 Å². The number of alkyl halides is 5. The molecular formula is C34H28F5N11O2. The van der Waals surface area contributed by atoms with Crippen LogP contribution in [0, 0.1) is 0 Å². The number of hydrogen-bond acceptors (Lipinski definition) is 11. The van der Waals surface area contributed by atoms with Crippen LogP contribution in [0.3, 0.4) is 0 Å². The van der Waals surface area contributed by atoms with Gasteiger partial charge in [-0.3, -0.25) is 4.98 Å². The first-order valence-electron chi connectivity index (χ1n) is 16.1. The molecule has 52 heavy (non-hydrogen) atoms. The fourth-order valence-electron chi connectivity index (χ4n) is 6.55. The third kappa shape index (κ3) is 5.69. The number of rotatable bonds is 7. The van der Waals surface area contributed by atoms with Gasteiger partial charge in [-0.15, -0.1) is 10.2 Å². The summed E-state index contributed by atoms with van der Waals surface area (Å²) < 4.78 is 72.9. The van der Waals surface area contributed by atoms with Crippen LogP contribution in [0.2, 0.25) is 0 Å². The van der Waals surface area contributed by atoms with Crippen molar-refractivity contribution < 1.29 is 32.2 Å². The van der Waals surface area contributed by atoms with Gasteiger partial charge in [-0.2, -0.15) is 22.0 Å². The zero-order valence-electron chi connectivity index (χ0n) is 27.0. The fraction of sp³-hybridized carbons (Fsp3) is 0.265. The van der Waals surface area contributed by atoms with Gasteiger partial charge in [0.05, 0.1) is 24.6 Å². The summed E-state index contributed by atoms with van der Waals surface area (Å²) in [5.41, 5.74) is -0.276. The molecule has 18 heteroatoms. The van der Waals surface area contributed by atoms with Crippen LogP contribution in [0.15, 0.2) is 91.4 Å². The summed E-state index contributed by atoms with van der Waals surface area (Å²) in [5, 5.41) is 39.3. The molecule has 2 atom stereocenters. The Morgan fingerprint density at radius 3 is 2.10 bits per heavy atom. The van der Waals surface area contributed by atoms with Gasteiger partial charge in [0.1, 0.15) is 11.4 Å². The Labute approximate surface area is 291 Å². The van der Waals surface area contributed by atoms with Crippen molar-refractivity contribution in [1.82, 2.24) is 45.2 Å². The van der Waals surface area contributed by atoms with E-state index in [1.165, 1.54) is 23.0 Å². The summed E-state index contributed by atoms with van der Waals surface area (Å²) in [6, 6.07) is 20.2. The third-order valence-corrected chi connectivity index (χ3v) is 9.41. The normalized spacial score (nSPS) is 18.2. The van der Waals surface area contributed by atoms with Gasteiger partial charge in [-0.25, -0.2) is 14.3 Å².